The molecule has 0 aliphatic heterocycles. The molecule has 0 bridgehead atoms. The molecular formula is C23H32N6O6. The summed E-state index contributed by atoms with van der Waals surface area (Å²) >= 11 is 0. The van der Waals surface area contributed by atoms with Crippen molar-refractivity contribution in [2.75, 3.05) is 6.54 Å². The third-order valence-electron chi connectivity index (χ3n) is 5.30. The Kier molecular flexibility index (Phi) is 9.76. The van der Waals surface area contributed by atoms with Crippen LogP contribution in [0, 0.1) is 5.92 Å². The maximum Gasteiger partial charge on any atom is 0.326 e. The number of carboxylic acid groups (broad SMARTS) is 1. The molecule has 1 aromatic carbocycles. The van der Waals surface area contributed by atoms with E-state index in [1.807, 2.05) is 38.1 Å². The Morgan fingerprint density at radius 1 is 0.971 bits per heavy atom. The van der Waals surface area contributed by atoms with Gasteiger partial charge < -0.3 is 37.5 Å². The average molecular weight is 489 g/mol. The van der Waals surface area contributed by atoms with E-state index in [1.165, 1.54) is 0 Å². The van der Waals surface area contributed by atoms with Crippen molar-refractivity contribution in [3.63, 3.8) is 0 Å². The molecule has 0 fully saturated rings. The first kappa shape index (κ1) is 27.3. The Labute approximate surface area is 202 Å². The summed E-state index contributed by atoms with van der Waals surface area (Å²) in [5.74, 6) is -4.32. The molecule has 35 heavy (non-hydrogen) atoms. The van der Waals surface area contributed by atoms with E-state index in [2.05, 4.69) is 20.9 Å². The minimum Gasteiger partial charge on any atom is -0.480 e. The van der Waals surface area contributed by atoms with Crippen molar-refractivity contribution in [1.82, 2.24) is 20.9 Å². The molecule has 0 spiro atoms. The zero-order chi connectivity index (χ0) is 26.1. The molecule has 4 amide bonds. The molecule has 3 unspecified atom stereocenters. The molecule has 1 aromatic heterocycles. The zero-order valence-electron chi connectivity index (χ0n) is 19.7. The highest BCUT2D eigenvalue weighted by atomic mass is 16.4. The van der Waals surface area contributed by atoms with Crippen LogP contribution < -0.4 is 27.4 Å². The molecule has 12 heteroatoms. The molecule has 0 radical (unpaired) electrons. The number of para-hydroxylation sites is 1. The molecular weight excluding hydrogens is 456 g/mol. The van der Waals surface area contributed by atoms with Crippen LogP contribution in [0.3, 0.4) is 0 Å². The van der Waals surface area contributed by atoms with E-state index in [4.69, 9.17) is 11.5 Å². The Balaban J connectivity index is 2.18. The van der Waals surface area contributed by atoms with Crippen molar-refractivity contribution in [2.24, 2.45) is 17.4 Å². The number of rotatable bonds is 13. The Morgan fingerprint density at radius 2 is 1.60 bits per heavy atom. The number of carboxylic acids is 1. The van der Waals surface area contributed by atoms with Crippen LogP contribution in [0.2, 0.25) is 0 Å². The van der Waals surface area contributed by atoms with E-state index < -0.39 is 54.1 Å². The number of nitrogens with two attached hydrogens (primary N) is 2. The quantitative estimate of drug-likeness (QED) is 0.189. The number of amides is 4. The number of fused-ring (bicyclic) bond motifs is 1. The largest absolute Gasteiger partial charge is 0.480 e. The van der Waals surface area contributed by atoms with Crippen LogP contribution in [-0.4, -0.2) is 64.4 Å². The van der Waals surface area contributed by atoms with Gasteiger partial charge in [-0.25, -0.2) is 4.79 Å². The predicted octanol–water partition coefficient (Wildman–Crippen LogP) is -0.870. The molecule has 0 aliphatic rings. The van der Waals surface area contributed by atoms with Crippen LogP contribution in [0.15, 0.2) is 30.5 Å². The van der Waals surface area contributed by atoms with E-state index in [9.17, 15) is 29.1 Å². The number of nitrogens with one attached hydrogen (secondary N) is 4. The standard InChI is InChI=1S/C23H32N6O6/c1-12(2)7-16(27-20(31)10-24)21(32)28-17(9-19(25)30)22(33)29-18(23(34)35)8-13-11-26-15-6-4-3-5-14(13)15/h3-6,11-12,16-18,26H,7-10,24H2,1-2H3,(H2,25,30)(H,27,31)(H,28,32)(H,29,33)(H,34,35). The van der Waals surface area contributed by atoms with Crippen molar-refractivity contribution in [1.29, 1.82) is 0 Å². The minimum atomic E-state index is -1.44. The van der Waals surface area contributed by atoms with Crippen molar-refractivity contribution in [3.8, 4) is 0 Å². The third-order valence-corrected chi connectivity index (χ3v) is 5.30. The van der Waals surface area contributed by atoms with Crippen LogP contribution in [0.1, 0.15) is 32.3 Å². The number of aliphatic carboxylic acids is 1. The van der Waals surface area contributed by atoms with E-state index >= 15 is 0 Å². The van der Waals surface area contributed by atoms with Gasteiger partial charge in [0, 0.05) is 23.5 Å². The molecule has 0 saturated heterocycles. The third kappa shape index (κ3) is 8.10. The lowest BCUT2D eigenvalue weighted by Gasteiger charge is -2.24. The fraction of sp³-hybridized carbons (Fsp3) is 0.435. The van der Waals surface area contributed by atoms with Gasteiger partial charge in [-0.2, -0.15) is 0 Å². The average Bonchev–Trinajstić information content (AvgIpc) is 3.19. The smallest absolute Gasteiger partial charge is 0.326 e. The van der Waals surface area contributed by atoms with Gasteiger partial charge in [-0.15, -0.1) is 0 Å². The second-order valence-corrected chi connectivity index (χ2v) is 8.65. The van der Waals surface area contributed by atoms with Gasteiger partial charge in [0.15, 0.2) is 0 Å². The number of primary amides is 1. The molecule has 12 nitrogen and oxygen atoms in total. The van der Waals surface area contributed by atoms with Crippen molar-refractivity contribution in [3.05, 3.63) is 36.0 Å². The van der Waals surface area contributed by atoms with Crippen LogP contribution >= 0.6 is 0 Å². The summed E-state index contributed by atoms with van der Waals surface area (Å²) in [4.78, 5) is 64.0. The molecule has 9 N–H and O–H groups in total. The summed E-state index contributed by atoms with van der Waals surface area (Å²) in [6.07, 6.45) is 1.31. The number of hydrogen-bond acceptors (Lipinski definition) is 6. The minimum absolute atomic E-state index is 0.0137. The molecule has 2 rings (SSSR count). The summed E-state index contributed by atoms with van der Waals surface area (Å²) in [6.45, 7) is 3.34. The molecule has 1 heterocycles. The van der Waals surface area contributed by atoms with Gasteiger partial charge in [-0.1, -0.05) is 32.0 Å². The molecule has 2 aromatic rings. The van der Waals surface area contributed by atoms with Gasteiger partial charge >= 0.3 is 5.97 Å². The normalized spacial score (nSPS) is 13.6. The van der Waals surface area contributed by atoms with Gasteiger partial charge in [0.05, 0.1) is 13.0 Å². The van der Waals surface area contributed by atoms with Crippen LogP contribution in [0.25, 0.3) is 10.9 Å². The van der Waals surface area contributed by atoms with Crippen molar-refractivity contribution in [2.45, 2.75) is 51.2 Å². The van der Waals surface area contributed by atoms with Crippen LogP contribution in [-0.2, 0) is 30.4 Å². The monoisotopic (exact) mass is 488 g/mol. The maximum absolute atomic E-state index is 12.9. The summed E-state index contributed by atoms with van der Waals surface area (Å²) < 4.78 is 0. The number of aromatic amines is 1. The second kappa shape index (κ2) is 12.5. The van der Waals surface area contributed by atoms with Gasteiger partial charge in [-0.3, -0.25) is 19.2 Å². The number of hydrogen-bond donors (Lipinski definition) is 7. The number of carbonyl (C=O) groups excluding carboxylic acids is 4. The van der Waals surface area contributed by atoms with Gasteiger partial charge in [0.25, 0.3) is 0 Å². The first-order valence-corrected chi connectivity index (χ1v) is 11.2. The van der Waals surface area contributed by atoms with Gasteiger partial charge in [-0.05, 0) is 24.0 Å². The summed E-state index contributed by atoms with van der Waals surface area (Å²) in [5, 5.41) is 17.8. The van der Waals surface area contributed by atoms with Crippen molar-refractivity contribution >= 4 is 40.5 Å². The first-order valence-electron chi connectivity index (χ1n) is 11.2. The fourth-order valence-corrected chi connectivity index (χ4v) is 3.63. The van der Waals surface area contributed by atoms with E-state index in [0.717, 1.165) is 10.9 Å². The number of benzene rings is 1. The molecule has 190 valence electrons. The highest BCUT2D eigenvalue weighted by Crippen LogP contribution is 2.19. The molecule has 0 aliphatic carbocycles. The second-order valence-electron chi connectivity index (χ2n) is 8.65. The van der Waals surface area contributed by atoms with Crippen LogP contribution in [0.4, 0.5) is 0 Å². The number of carbonyl (C=O) groups is 5. The fourth-order valence-electron chi connectivity index (χ4n) is 3.63. The Hall–Kier alpha value is -3.93. The molecule has 3 atom stereocenters. The highest BCUT2D eigenvalue weighted by molar-refractivity contribution is 5.96. The summed E-state index contributed by atoms with van der Waals surface area (Å²) in [6, 6.07) is 3.52. The topological polar surface area (TPSA) is 209 Å². The summed E-state index contributed by atoms with van der Waals surface area (Å²) in [7, 11) is 0. The van der Waals surface area contributed by atoms with Gasteiger partial charge in [0.2, 0.25) is 23.6 Å². The highest BCUT2D eigenvalue weighted by Gasteiger charge is 2.31. The van der Waals surface area contributed by atoms with E-state index in [-0.39, 0.29) is 25.3 Å². The number of H-pyrrole nitrogens is 1. The first-order chi connectivity index (χ1) is 16.5. The lowest BCUT2D eigenvalue weighted by molar-refractivity contribution is -0.142. The SMILES string of the molecule is CC(C)CC(NC(=O)CN)C(=O)NC(CC(N)=O)C(=O)NC(Cc1c[nH]c2ccccc12)C(=O)O. The van der Waals surface area contributed by atoms with Crippen molar-refractivity contribution < 1.29 is 29.1 Å². The van der Waals surface area contributed by atoms with Gasteiger partial charge in [0.1, 0.15) is 18.1 Å². The van der Waals surface area contributed by atoms with E-state index in [0.29, 0.717) is 5.56 Å². The summed E-state index contributed by atoms with van der Waals surface area (Å²) in [5.41, 5.74) is 12.0. The Morgan fingerprint density at radius 3 is 2.20 bits per heavy atom. The lowest BCUT2D eigenvalue weighted by atomic mass is 10.0. The number of aromatic nitrogens is 1. The van der Waals surface area contributed by atoms with Crippen LogP contribution in [0.5, 0.6) is 0 Å². The molecule has 0 saturated carbocycles. The van der Waals surface area contributed by atoms with E-state index in [1.54, 1.807) is 6.20 Å². The lowest BCUT2D eigenvalue weighted by Crippen LogP contribution is -2.57. The zero-order valence-corrected chi connectivity index (χ0v) is 19.7. The maximum atomic E-state index is 12.9. The Bertz CT molecular complexity index is 1080. The predicted molar refractivity (Wildman–Crippen MR) is 128 cm³/mol.